The molecular formula is C24H29N3O3. The lowest BCUT2D eigenvalue weighted by Crippen LogP contribution is -2.36. The van der Waals surface area contributed by atoms with Crippen molar-refractivity contribution in [3.63, 3.8) is 0 Å². The monoisotopic (exact) mass is 407 g/mol. The summed E-state index contributed by atoms with van der Waals surface area (Å²) in [5, 5.41) is 6.04. The molecule has 0 unspecified atom stereocenters. The lowest BCUT2D eigenvalue weighted by molar-refractivity contribution is 0.0928. The molecule has 0 bridgehead atoms. The van der Waals surface area contributed by atoms with Crippen LogP contribution in [0.5, 0.6) is 0 Å². The van der Waals surface area contributed by atoms with E-state index in [4.69, 9.17) is 4.74 Å². The van der Waals surface area contributed by atoms with Gasteiger partial charge in [-0.3, -0.25) is 9.59 Å². The molecule has 1 aliphatic heterocycles. The summed E-state index contributed by atoms with van der Waals surface area (Å²) < 4.78 is 5.39. The van der Waals surface area contributed by atoms with Gasteiger partial charge in [0.15, 0.2) is 0 Å². The third kappa shape index (κ3) is 5.00. The van der Waals surface area contributed by atoms with Crippen LogP contribution < -0.4 is 15.5 Å². The average molecular weight is 408 g/mol. The fraction of sp³-hybridized carbons (Fsp3) is 0.417. The fourth-order valence-electron chi connectivity index (χ4n) is 4.14. The van der Waals surface area contributed by atoms with E-state index in [1.54, 1.807) is 12.1 Å². The van der Waals surface area contributed by atoms with Crippen LogP contribution in [-0.4, -0.2) is 44.2 Å². The molecule has 6 nitrogen and oxygen atoms in total. The van der Waals surface area contributed by atoms with Gasteiger partial charge in [0.1, 0.15) is 0 Å². The summed E-state index contributed by atoms with van der Waals surface area (Å²) in [7, 11) is 0. The van der Waals surface area contributed by atoms with E-state index in [1.807, 2.05) is 36.4 Å². The molecule has 1 saturated carbocycles. The van der Waals surface area contributed by atoms with Crippen LogP contribution in [0.4, 0.5) is 11.4 Å². The molecule has 1 saturated heterocycles. The first-order valence-electron chi connectivity index (χ1n) is 10.8. The Morgan fingerprint density at radius 1 is 0.867 bits per heavy atom. The highest BCUT2D eigenvalue weighted by Gasteiger charge is 2.19. The standard InChI is InChI=1S/C24H29N3O3/c28-23(18-10-12-20(13-11-18)27-14-16-30-17-15-27)26-22-9-5-4-8-21(22)24(29)25-19-6-2-1-3-7-19/h4-5,8-13,19H,1-3,6-7,14-17H2,(H,25,29)(H,26,28). The van der Waals surface area contributed by atoms with Crippen molar-refractivity contribution in [1.82, 2.24) is 5.32 Å². The molecule has 2 amide bonds. The summed E-state index contributed by atoms with van der Waals surface area (Å²) in [5.41, 5.74) is 2.69. The quantitative estimate of drug-likeness (QED) is 0.790. The lowest BCUT2D eigenvalue weighted by Gasteiger charge is -2.28. The molecule has 0 spiro atoms. The van der Waals surface area contributed by atoms with Crippen LogP contribution in [0, 0.1) is 0 Å². The van der Waals surface area contributed by atoms with Gasteiger partial charge in [-0.25, -0.2) is 0 Å². The van der Waals surface area contributed by atoms with Crippen LogP contribution in [0.15, 0.2) is 48.5 Å². The number of anilines is 2. The molecule has 0 radical (unpaired) electrons. The number of hydrogen-bond acceptors (Lipinski definition) is 4. The van der Waals surface area contributed by atoms with E-state index >= 15 is 0 Å². The van der Waals surface area contributed by atoms with E-state index in [-0.39, 0.29) is 17.9 Å². The van der Waals surface area contributed by atoms with Gasteiger partial charge in [0.2, 0.25) is 0 Å². The van der Waals surface area contributed by atoms with E-state index in [9.17, 15) is 9.59 Å². The number of nitrogens with one attached hydrogen (secondary N) is 2. The van der Waals surface area contributed by atoms with Crippen molar-refractivity contribution >= 4 is 23.2 Å². The van der Waals surface area contributed by atoms with Gasteiger partial charge in [-0.2, -0.15) is 0 Å². The SMILES string of the molecule is O=C(Nc1ccccc1C(=O)NC1CCCCC1)c1ccc(N2CCOCC2)cc1. The average Bonchev–Trinajstić information content (AvgIpc) is 2.81. The highest BCUT2D eigenvalue weighted by molar-refractivity contribution is 6.09. The fourth-order valence-corrected chi connectivity index (χ4v) is 4.14. The van der Waals surface area contributed by atoms with Crippen LogP contribution in [0.1, 0.15) is 52.8 Å². The second kappa shape index (κ2) is 9.76. The van der Waals surface area contributed by atoms with Crippen LogP contribution in [0.2, 0.25) is 0 Å². The predicted octanol–water partition coefficient (Wildman–Crippen LogP) is 3.84. The third-order valence-corrected chi connectivity index (χ3v) is 5.87. The Hall–Kier alpha value is -2.86. The number of rotatable bonds is 5. The molecule has 2 aromatic carbocycles. The Balaban J connectivity index is 1.42. The minimum absolute atomic E-state index is 0.125. The number of hydrogen-bond donors (Lipinski definition) is 2. The van der Waals surface area contributed by atoms with Gasteiger partial charge in [0, 0.05) is 30.4 Å². The number of benzene rings is 2. The normalized spacial score (nSPS) is 17.4. The number of ether oxygens (including phenoxy) is 1. The molecule has 2 fully saturated rings. The van der Waals surface area contributed by atoms with Crippen molar-refractivity contribution in [2.75, 3.05) is 36.5 Å². The Labute approximate surface area is 177 Å². The van der Waals surface area contributed by atoms with Gasteiger partial charge >= 0.3 is 0 Å². The van der Waals surface area contributed by atoms with E-state index < -0.39 is 0 Å². The largest absolute Gasteiger partial charge is 0.378 e. The Morgan fingerprint density at radius 2 is 1.57 bits per heavy atom. The van der Waals surface area contributed by atoms with Gasteiger partial charge in [-0.1, -0.05) is 31.4 Å². The topological polar surface area (TPSA) is 70.7 Å². The minimum Gasteiger partial charge on any atom is -0.378 e. The van der Waals surface area contributed by atoms with Gasteiger partial charge in [0.25, 0.3) is 11.8 Å². The van der Waals surface area contributed by atoms with E-state index in [2.05, 4.69) is 15.5 Å². The smallest absolute Gasteiger partial charge is 0.255 e. The predicted molar refractivity (Wildman–Crippen MR) is 118 cm³/mol. The van der Waals surface area contributed by atoms with Crippen LogP contribution in [-0.2, 0) is 4.74 Å². The first-order valence-corrected chi connectivity index (χ1v) is 10.8. The molecule has 1 heterocycles. The van der Waals surface area contributed by atoms with Crippen molar-refractivity contribution in [2.24, 2.45) is 0 Å². The maximum Gasteiger partial charge on any atom is 0.255 e. The molecule has 2 aliphatic rings. The number of amides is 2. The van der Waals surface area contributed by atoms with Gasteiger partial charge in [-0.15, -0.1) is 0 Å². The Kier molecular flexibility index (Phi) is 6.64. The van der Waals surface area contributed by atoms with Crippen molar-refractivity contribution in [3.05, 3.63) is 59.7 Å². The first kappa shape index (κ1) is 20.4. The number of carbonyl (C=O) groups is 2. The third-order valence-electron chi connectivity index (χ3n) is 5.87. The first-order chi connectivity index (χ1) is 14.7. The Morgan fingerprint density at radius 3 is 2.30 bits per heavy atom. The molecule has 0 aromatic heterocycles. The van der Waals surface area contributed by atoms with Crippen LogP contribution in [0.3, 0.4) is 0 Å². The summed E-state index contributed by atoms with van der Waals surface area (Å²) in [4.78, 5) is 27.8. The summed E-state index contributed by atoms with van der Waals surface area (Å²) in [6.45, 7) is 3.16. The molecule has 158 valence electrons. The summed E-state index contributed by atoms with van der Waals surface area (Å²) in [6, 6.07) is 15.0. The maximum absolute atomic E-state index is 12.8. The maximum atomic E-state index is 12.8. The summed E-state index contributed by atoms with van der Waals surface area (Å²) >= 11 is 0. The van der Waals surface area contributed by atoms with Crippen molar-refractivity contribution < 1.29 is 14.3 Å². The van der Waals surface area contributed by atoms with Gasteiger partial charge in [-0.05, 0) is 49.2 Å². The molecule has 30 heavy (non-hydrogen) atoms. The number of carbonyl (C=O) groups excluding carboxylic acids is 2. The zero-order chi connectivity index (χ0) is 20.8. The van der Waals surface area contributed by atoms with E-state index in [1.165, 1.54) is 6.42 Å². The number of nitrogens with zero attached hydrogens (tertiary/aromatic N) is 1. The molecule has 6 heteroatoms. The van der Waals surface area contributed by atoms with Gasteiger partial charge < -0.3 is 20.3 Å². The Bertz CT molecular complexity index is 870. The zero-order valence-corrected chi connectivity index (χ0v) is 17.2. The van der Waals surface area contributed by atoms with Crippen molar-refractivity contribution in [1.29, 1.82) is 0 Å². The highest BCUT2D eigenvalue weighted by atomic mass is 16.5. The summed E-state index contributed by atoms with van der Waals surface area (Å²) in [5.74, 6) is -0.345. The van der Waals surface area contributed by atoms with Crippen LogP contribution >= 0.6 is 0 Å². The lowest BCUT2D eigenvalue weighted by atomic mass is 9.95. The molecule has 4 rings (SSSR count). The van der Waals surface area contributed by atoms with Crippen molar-refractivity contribution in [3.8, 4) is 0 Å². The summed E-state index contributed by atoms with van der Waals surface area (Å²) in [6.07, 6.45) is 5.60. The van der Waals surface area contributed by atoms with Crippen LogP contribution in [0.25, 0.3) is 0 Å². The minimum atomic E-state index is -0.221. The van der Waals surface area contributed by atoms with E-state index in [0.29, 0.717) is 16.8 Å². The second-order valence-electron chi connectivity index (χ2n) is 7.95. The number of morpholine rings is 1. The highest BCUT2D eigenvalue weighted by Crippen LogP contribution is 2.21. The second-order valence-corrected chi connectivity index (χ2v) is 7.95. The zero-order valence-electron chi connectivity index (χ0n) is 17.2. The molecule has 1 aliphatic carbocycles. The van der Waals surface area contributed by atoms with Crippen molar-refractivity contribution in [2.45, 2.75) is 38.1 Å². The number of para-hydroxylation sites is 1. The molecular weight excluding hydrogens is 378 g/mol. The van der Waals surface area contributed by atoms with E-state index in [0.717, 1.165) is 57.7 Å². The molecule has 0 atom stereocenters. The molecule has 2 N–H and O–H groups in total. The molecule has 2 aromatic rings. The van der Waals surface area contributed by atoms with Gasteiger partial charge in [0.05, 0.1) is 24.5 Å².